The molecule has 1 heterocycles. The van der Waals surface area contributed by atoms with Gasteiger partial charge in [-0.1, -0.05) is 6.42 Å². The summed E-state index contributed by atoms with van der Waals surface area (Å²) in [5.41, 5.74) is 6.04. The Labute approximate surface area is 98.0 Å². The summed E-state index contributed by atoms with van der Waals surface area (Å²) in [6, 6.07) is 1.26. The van der Waals surface area contributed by atoms with Crippen LogP contribution >= 0.6 is 11.8 Å². The van der Waals surface area contributed by atoms with Gasteiger partial charge in [0.15, 0.2) is 0 Å². The molecule has 0 aromatic carbocycles. The van der Waals surface area contributed by atoms with Crippen LogP contribution in [0.15, 0.2) is 0 Å². The van der Waals surface area contributed by atoms with E-state index in [0.717, 1.165) is 12.0 Å². The molecule has 1 saturated carbocycles. The Morgan fingerprint density at radius 3 is 3.00 bits per heavy atom. The Hall–Kier alpha value is 0.270. The summed E-state index contributed by atoms with van der Waals surface area (Å²) < 4.78 is 0. The van der Waals surface area contributed by atoms with Crippen LogP contribution in [0.5, 0.6) is 0 Å². The van der Waals surface area contributed by atoms with Crippen LogP contribution in [0.3, 0.4) is 0 Å². The molecule has 1 saturated heterocycles. The lowest BCUT2D eigenvalue weighted by Crippen LogP contribution is -2.44. The Morgan fingerprint density at radius 1 is 1.40 bits per heavy atom. The summed E-state index contributed by atoms with van der Waals surface area (Å²) in [5.74, 6) is 3.52. The fraction of sp³-hybridized carbons (Fsp3) is 1.00. The Kier molecular flexibility index (Phi) is 4.35. The van der Waals surface area contributed by atoms with Gasteiger partial charge in [-0.3, -0.25) is 4.90 Å². The first kappa shape index (κ1) is 11.7. The number of hydrogen-bond donors (Lipinski definition) is 1. The molecule has 2 fully saturated rings. The molecule has 88 valence electrons. The largest absolute Gasteiger partial charge is 0.328 e. The zero-order chi connectivity index (χ0) is 10.7. The average Bonchev–Trinajstić information content (AvgIpc) is 2.22. The van der Waals surface area contributed by atoms with Gasteiger partial charge in [-0.05, 0) is 32.1 Å². The van der Waals surface area contributed by atoms with Crippen LogP contribution in [-0.4, -0.2) is 41.6 Å². The van der Waals surface area contributed by atoms with Gasteiger partial charge in [0.05, 0.1) is 0 Å². The fourth-order valence-corrected chi connectivity index (χ4v) is 3.94. The van der Waals surface area contributed by atoms with Gasteiger partial charge in [0.2, 0.25) is 0 Å². The number of nitrogens with zero attached hydrogens (tertiary/aromatic N) is 1. The Balaban J connectivity index is 1.79. The van der Waals surface area contributed by atoms with Crippen molar-refractivity contribution in [1.29, 1.82) is 0 Å². The van der Waals surface area contributed by atoms with Crippen molar-refractivity contribution in [2.45, 2.75) is 44.7 Å². The van der Waals surface area contributed by atoms with E-state index in [4.69, 9.17) is 5.73 Å². The quantitative estimate of drug-likeness (QED) is 0.783. The summed E-state index contributed by atoms with van der Waals surface area (Å²) in [7, 11) is 0. The maximum Gasteiger partial charge on any atom is 0.0158 e. The van der Waals surface area contributed by atoms with E-state index in [-0.39, 0.29) is 0 Å². The van der Waals surface area contributed by atoms with Gasteiger partial charge in [0, 0.05) is 36.7 Å². The normalized spacial score (nSPS) is 39.2. The van der Waals surface area contributed by atoms with Crippen molar-refractivity contribution >= 4 is 11.8 Å². The van der Waals surface area contributed by atoms with Crippen LogP contribution < -0.4 is 5.73 Å². The first-order valence-electron chi connectivity index (χ1n) is 6.33. The van der Waals surface area contributed by atoms with Gasteiger partial charge in [-0.15, -0.1) is 0 Å². The standard InChI is InChI=1S/C12H24N2S/c1-10-9-15-6-5-14(10)8-11-3-2-4-12(13)7-11/h10-12H,2-9,13H2,1H3. The molecule has 0 bridgehead atoms. The van der Waals surface area contributed by atoms with Gasteiger partial charge < -0.3 is 5.73 Å². The predicted molar refractivity (Wildman–Crippen MR) is 68.3 cm³/mol. The molecule has 2 N–H and O–H groups in total. The van der Waals surface area contributed by atoms with Crippen LogP contribution in [0.4, 0.5) is 0 Å². The van der Waals surface area contributed by atoms with E-state index in [0.29, 0.717) is 6.04 Å². The van der Waals surface area contributed by atoms with Crippen LogP contribution in [-0.2, 0) is 0 Å². The molecule has 0 amide bonds. The van der Waals surface area contributed by atoms with Gasteiger partial charge in [-0.25, -0.2) is 0 Å². The first-order valence-corrected chi connectivity index (χ1v) is 7.48. The zero-order valence-electron chi connectivity index (χ0n) is 9.82. The lowest BCUT2D eigenvalue weighted by atomic mass is 9.85. The molecule has 3 heteroatoms. The number of nitrogens with two attached hydrogens (primary N) is 1. The molecular formula is C12H24N2S. The minimum atomic E-state index is 0.484. The summed E-state index contributed by atoms with van der Waals surface area (Å²) in [6.45, 7) is 4.96. The molecular weight excluding hydrogens is 204 g/mol. The van der Waals surface area contributed by atoms with Gasteiger partial charge in [0.25, 0.3) is 0 Å². The zero-order valence-corrected chi connectivity index (χ0v) is 10.6. The smallest absolute Gasteiger partial charge is 0.0158 e. The van der Waals surface area contributed by atoms with Crippen molar-refractivity contribution in [3.05, 3.63) is 0 Å². The summed E-state index contributed by atoms with van der Waals surface area (Å²) in [6.07, 6.45) is 5.27. The van der Waals surface area contributed by atoms with Crippen molar-refractivity contribution in [2.75, 3.05) is 24.6 Å². The molecule has 1 aliphatic heterocycles. The molecule has 3 atom stereocenters. The molecule has 0 aromatic rings. The van der Waals surface area contributed by atoms with Gasteiger partial charge >= 0.3 is 0 Å². The van der Waals surface area contributed by atoms with Crippen LogP contribution in [0.1, 0.15) is 32.6 Å². The maximum atomic E-state index is 6.04. The SMILES string of the molecule is CC1CSCCN1CC1CCCC(N)C1. The number of rotatable bonds is 2. The minimum absolute atomic E-state index is 0.484. The van der Waals surface area contributed by atoms with Gasteiger partial charge in [0.1, 0.15) is 0 Å². The molecule has 2 nitrogen and oxygen atoms in total. The molecule has 2 aliphatic rings. The summed E-state index contributed by atoms with van der Waals surface area (Å²) >= 11 is 2.10. The van der Waals surface area contributed by atoms with Crippen molar-refractivity contribution in [2.24, 2.45) is 11.7 Å². The van der Waals surface area contributed by atoms with E-state index < -0.39 is 0 Å². The number of hydrogen-bond acceptors (Lipinski definition) is 3. The van der Waals surface area contributed by atoms with Crippen molar-refractivity contribution in [1.82, 2.24) is 4.90 Å². The third-order valence-corrected chi connectivity index (χ3v) is 5.01. The van der Waals surface area contributed by atoms with Crippen molar-refractivity contribution in [3.63, 3.8) is 0 Å². The summed E-state index contributed by atoms with van der Waals surface area (Å²) in [5, 5.41) is 0. The minimum Gasteiger partial charge on any atom is -0.328 e. The highest BCUT2D eigenvalue weighted by atomic mass is 32.2. The average molecular weight is 228 g/mol. The second-order valence-corrected chi connectivity index (χ2v) is 6.36. The Morgan fingerprint density at radius 2 is 2.27 bits per heavy atom. The van der Waals surface area contributed by atoms with Crippen molar-refractivity contribution < 1.29 is 0 Å². The van der Waals surface area contributed by atoms with Crippen molar-refractivity contribution in [3.8, 4) is 0 Å². The topological polar surface area (TPSA) is 29.3 Å². The second-order valence-electron chi connectivity index (χ2n) is 5.21. The number of thioether (sulfide) groups is 1. The third-order valence-electron chi connectivity index (χ3n) is 3.82. The molecule has 3 unspecified atom stereocenters. The fourth-order valence-electron chi connectivity index (χ4n) is 2.86. The van der Waals surface area contributed by atoms with E-state index in [1.54, 1.807) is 0 Å². The van der Waals surface area contributed by atoms with E-state index in [9.17, 15) is 0 Å². The van der Waals surface area contributed by atoms with E-state index in [2.05, 4.69) is 23.6 Å². The third kappa shape index (κ3) is 3.36. The monoisotopic (exact) mass is 228 g/mol. The molecule has 2 rings (SSSR count). The lowest BCUT2D eigenvalue weighted by Gasteiger charge is -2.37. The van der Waals surface area contributed by atoms with Crippen LogP contribution in [0.25, 0.3) is 0 Å². The molecule has 1 aliphatic carbocycles. The van der Waals surface area contributed by atoms with Crippen LogP contribution in [0.2, 0.25) is 0 Å². The maximum absolute atomic E-state index is 6.04. The van der Waals surface area contributed by atoms with Gasteiger partial charge in [-0.2, -0.15) is 11.8 Å². The predicted octanol–water partition coefficient (Wildman–Crippen LogP) is 1.94. The highest BCUT2D eigenvalue weighted by Gasteiger charge is 2.25. The second kappa shape index (κ2) is 5.55. The molecule has 0 spiro atoms. The van der Waals surface area contributed by atoms with Crippen LogP contribution in [0, 0.1) is 5.92 Å². The van der Waals surface area contributed by atoms with E-state index >= 15 is 0 Å². The molecule has 0 aromatic heterocycles. The highest BCUT2D eigenvalue weighted by molar-refractivity contribution is 7.99. The molecule has 15 heavy (non-hydrogen) atoms. The highest BCUT2D eigenvalue weighted by Crippen LogP contribution is 2.26. The van der Waals surface area contributed by atoms with E-state index in [1.165, 1.54) is 50.3 Å². The Bertz CT molecular complexity index is 198. The first-order chi connectivity index (χ1) is 7.25. The summed E-state index contributed by atoms with van der Waals surface area (Å²) in [4.78, 5) is 2.68. The van der Waals surface area contributed by atoms with E-state index in [1.807, 2.05) is 0 Å². The lowest BCUT2D eigenvalue weighted by molar-refractivity contribution is 0.167. The molecule has 0 radical (unpaired) electrons.